The lowest BCUT2D eigenvalue weighted by atomic mass is 9.87. The number of carbonyl (C=O) groups excluding carboxylic acids is 1. The maximum absolute atomic E-state index is 11.8. The summed E-state index contributed by atoms with van der Waals surface area (Å²) in [4.78, 5) is 11.8. The fraction of sp³-hybridized carbons (Fsp3) is 0.286. The molecule has 0 unspecified atom stereocenters. The molecule has 18 heavy (non-hydrogen) atoms. The van der Waals surface area contributed by atoms with E-state index in [9.17, 15) is 4.79 Å². The summed E-state index contributed by atoms with van der Waals surface area (Å²) < 4.78 is 0. The predicted octanol–water partition coefficient (Wildman–Crippen LogP) is 2.96. The number of nitrogens with one attached hydrogen (secondary N) is 2. The van der Waals surface area contributed by atoms with Crippen molar-refractivity contribution in [2.45, 2.75) is 26.2 Å². The van der Waals surface area contributed by atoms with E-state index in [1.54, 1.807) is 6.20 Å². The molecule has 0 aliphatic heterocycles. The molecule has 4 heteroatoms. The smallest absolute Gasteiger partial charge is 0.258 e. The number of rotatable bonds is 2. The lowest BCUT2D eigenvalue weighted by Gasteiger charge is -2.19. The Bertz CT molecular complexity index is 521. The monoisotopic (exact) mass is 243 g/mol. The van der Waals surface area contributed by atoms with Gasteiger partial charge >= 0.3 is 0 Å². The molecule has 0 atom stereocenters. The van der Waals surface area contributed by atoms with Crippen LogP contribution in [0.5, 0.6) is 0 Å². The largest absolute Gasteiger partial charge is 0.322 e. The third kappa shape index (κ3) is 2.77. The average Bonchev–Trinajstić information content (AvgIpc) is 2.82. The molecule has 1 aromatic heterocycles. The standard InChI is InChI=1S/C14H17N3O/c1-14(2,3)11-4-6-12(7-5-11)17-13(18)10-8-15-16-9-10/h4-9H,1-3H3,(H,15,16)(H,17,18). The second kappa shape index (κ2) is 4.64. The van der Waals surface area contributed by atoms with Gasteiger partial charge in [-0.1, -0.05) is 32.9 Å². The quantitative estimate of drug-likeness (QED) is 0.852. The van der Waals surface area contributed by atoms with E-state index in [1.807, 2.05) is 24.3 Å². The molecule has 1 amide bonds. The number of aromatic nitrogens is 2. The van der Waals surface area contributed by atoms with Crippen molar-refractivity contribution in [2.24, 2.45) is 0 Å². The Morgan fingerprint density at radius 1 is 1.22 bits per heavy atom. The summed E-state index contributed by atoms with van der Waals surface area (Å²) in [6.45, 7) is 6.48. The topological polar surface area (TPSA) is 57.8 Å². The van der Waals surface area contributed by atoms with Crippen molar-refractivity contribution in [3.05, 3.63) is 47.8 Å². The molecule has 0 aliphatic carbocycles. The van der Waals surface area contributed by atoms with Gasteiger partial charge in [-0.3, -0.25) is 9.89 Å². The highest BCUT2D eigenvalue weighted by Gasteiger charge is 2.13. The summed E-state index contributed by atoms with van der Waals surface area (Å²) in [6, 6.07) is 7.90. The van der Waals surface area contributed by atoms with Crippen molar-refractivity contribution in [3.63, 3.8) is 0 Å². The number of H-pyrrole nitrogens is 1. The third-order valence-electron chi connectivity index (χ3n) is 2.77. The van der Waals surface area contributed by atoms with Gasteiger partial charge in [0.05, 0.1) is 11.8 Å². The number of carbonyl (C=O) groups is 1. The Morgan fingerprint density at radius 2 is 1.89 bits per heavy atom. The average molecular weight is 243 g/mol. The van der Waals surface area contributed by atoms with Gasteiger partial charge in [0.25, 0.3) is 5.91 Å². The Balaban J connectivity index is 2.09. The number of aromatic amines is 1. The zero-order valence-electron chi connectivity index (χ0n) is 10.8. The summed E-state index contributed by atoms with van der Waals surface area (Å²) in [7, 11) is 0. The van der Waals surface area contributed by atoms with Gasteiger partial charge in [0.15, 0.2) is 0 Å². The molecule has 0 bridgehead atoms. The SMILES string of the molecule is CC(C)(C)c1ccc(NC(=O)c2cn[nH]c2)cc1. The molecular formula is C14H17N3O. The highest BCUT2D eigenvalue weighted by molar-refractivity contribution is 6.03. The summed E-state index contributed by atoms with van der Waals surface area (Å²) in [5.41, 5.74) is 2.67. The van der Waals surface area contributed by atoms with Gasteiger partial charge < -0.3 is 5.32 Å². The highest BCUT2D eigenvalue weighted by atomic mass is 16.1. The molecule has 0 fully saturated rings. The van der Waals surface area contributed by atoms with Gasteiger partial charge in [-0.15, -0.1) is 0 Å². The van der Waals surface area contributed by atoms with Gasteiger partial charge in [0.1, 0.15) is 0 Å². The summed E-state index contributed by atoms with van der Waals surface area (Å²) in [5, 5.41) is 9.18. The van der Waals surface area contributed by atoms with Crippen LogP contribution in [0, 0.1) is 0 Å². The molecule has 2 aromatic rings. The van der Waals surface area contributed by atoms with Crippen molar-refractivity contribution < 1.29 is 4.79 Å². The zero-order chi connectivity index (χ0) is 13.2. The zero-order valence-corrected chi connectivity index (χ0v) is 10.8. The van der Waals surface area contributed by atoms with Gasteiger partial charge in [-0.2, -0.15) is 5.10 Å². The first-order valence-corrected chi connectivity index (χ1v) is 5.87. The Labute approximate surface area is 106 Å². The van der Waals surface area contributed by atoms with E-state index < -0.39 is 0 Å². The van der Waals surface area contributed by atoms with E-state index in [0.29, 0.717) is 5.56 Å². The van der Waals surface area contributed by atoms with Crippen LogP contribution in [0.2, 0.25) is 0 Å². The van der Waals surface area contributed by atoms with Gasteiger partial charge in [0.2, 0.25) is 0 Å². The van der Waals surface area contributed by atoms with Crippen LogP contribution in [0.1, 0.15) is 36.7 Å². The van der Waals surface area contributed by atoms with E-state index in [2.05, 4.69) is 36.3 Å². The highest BCUT2D eigenvalue weighted by Crippen LogP contribution is 2.23. The van der Waals surface area contributed by atoms with E-state index >= 15 is 0 Å². The van der Waals surface area contributed by atoms with Gasteiger partial charge in [0, 0.05) is 11.9 Å². The summed E-state index contributed by atoms with van der Waals surface area (Å²) in [5.74, 6) is -0.160. The normalized spacial score (nSPS) is 11.3. The van der Waals surface area contributed by atoms with Gasteiger partial charge in [-0.25, -0.2) is 0 Å². The minimum atomic E-state index is -0.160. The van der Waals surface area contributed by atoms with Crippen molar-refractivity contribution in [2.75, 3.05) is 5.32 Å². The lowest BCUT2D eigenvalue weighted by Crippen LogP contribution is -2.13. The Morgan fingerprint density at radius 3 is 2.39 bits per heavy atom. The van der Waals surface area contributed by atoms with E-state index in [1.165, 1.54) is 11.8 Å². The molecule has 2 rings (SSSR count). The first-order chi connectivity index (χ1) is 8.47. The third-order valence-corrected chi connectivity index (χ3v) is 2.77. The van der Waals surface area contributed by atoms with Crippen LogP contribution in [0.3, 0.4) is 0 Å². The van der Waals surface area contributed by atoms with Crippen LogP contribution in [-0.4, -0.2) is 16.1 Å². The minimum Gasteiger partial charge on any atom is -0.322 e. The molecule has 0 aliphatic rings. The van der Waals surface area contributed by atoms with Crippen LogP contribution < -0.4 is 5.32 Å². The first-order valence-electron chi connectivity index (χ1n) is 5.87. The minimum absolute atomic E-state index is 0.118. The van der Waals surface area contributed by atoms with E-state index in [4.69, 9.17) is 0 Å². The summed E-state index contributed by atoms with van der Waals surface area (Å²) in [6.07, 6.45) is 3.07. The number of hydrogen-bond acceptors (Lipinski definition) is 2. The molecule has 4 nitrogen and oxygen atoms in total. The Hall–Kier alpha value is -2.10. The maximum Gasteiger partial charge on any atom is 0.258 e. The fourth-order valence-electron chi connectivity index (χ4n) is 1.63. The number of nitrogens with zero attached hydrogens (tertiary/aromatic N) is 1. The van der Waals surface area contributed by atoms with E-state index in [0.717, 1.165) is 5.69 Å². The number of amides is 1. The van der Waals surface area contributed by atoms with Crippen molar-refractivity contribution in [3.8, 4) is 0 Å². The van der Waals surface area contributed by atoms with Crippen LogP contribution in [0.4, 0.5) is 5.69 Å². The van der Waals surface area contributed by atoms with Crippen LogP contribution >= 0.6 is 0 Å². The second-order valence-corrected chi connectivity index (χ2v) is 5.27. The van der Waals surface area contributed by atoms with Crippen molar-refractivity contribution >= 4 is 11.6 Å². The number of hydrogen-bond donors (Lipinski definition) is 2. The number of anilines is 1. The predicted molar refractivity (Wildman–Crippen MR) is 71.7 cm³/mol. The molecule has 1 heterocycles. The molecule has 0 saturated heterocycles. The van der Waals surface area contributed by atoms with E-state index in [-0.39, 0.29) is 11.3 Å². The molecule has 2 N–H and O–H groups in total. The maximum atomic E-state index is 11.8. The fourth-order valence-corrected chi connectivity index (χ4v) is 1.63. The molecule has 0 saturated carbocycles. The Kier molecular flexibility index (Phi) is 3.19. The van der Waals surface area contributed by atoms with Crippen LogP contribution in [0.15, 0.2) is 36.7 Å². The second-order valence-electron chi connectivity index (χ2n) is 5.27. The number of benzene rings is 1. The molecule has 94 valence electrons. The lowest BCUT2D eigenvalue weighted by molar-refractivity contribution is 0.102. The van der Waals surface area contributed by atoms with Crippen LogP contribution in [-0.2, 0) is 5.41 Å². The van der Waals surface area contributed by atoms with Gasteiger partial charge in [-0.05, 0) is 23.1 Å². The molecular weight excluding hydrogens is 226 g/mol. The molecule has 0 radical (unpaired) electrons. The molecule has 0 spiro atoms. The van der Waals surface area contributed by atoms with Crippen LogP contribution in [0.25, 0.3) is 0 Å². The van der Waals surface area contributed by atoms with Crippen molar-refractivity contribution in [1.29, 1.82) is 0 Å². The van der Waals surface area contributed by atoms with Crippen molar-refractivity contribution in [1.82, 2.24) is 10.2 Å². The molecule has 1 aromatic carbocycles. The summed E-state index contributed by atoms with van der Waals surface area (Å²) >= 11 is 0. The first kappa shape index (κ1) is 12.4.